The lowest BCUT2D eigenvalue weighted by atomic mass is 9.98. The van der Waals surface area contributed by atoms with Gasteiger partial charge in [0.25, 0.3) is 0 Å². The second-order valence-electron chi connectivity index (χ2n) is 5.13. The maximum absolute atomic E-state index is 14.2. The Morgan fingerprint density at radius 1 is 1.14 bits per heavy atom. The van der Waals surface area contributed by atoms with Crippen molar-refractivity contribution in [1.29, 1.82) is 0 Å². The normalized spacial score (nSPS) is 13.3. The van der Waals surface area contributed by atoms with Gasteiger partial charge in [-0.2, -0.15) is 0 Å². The number of carbonyl (C=O) groups is 1. The average Bonchev–Trinajstić information content (AvgIpc) is 2.87. The zero-order chi connectivity index (χ0) is 14.4. The topological polar surface area (TPSA) is 42.0 Å². The number of hydrogen-bond acceptors (Lipinski definition) is 2. The highest BCUT2D eigenvalue weighted by Gasteiger charge is 2.22. The number of rotatable bonds is 1. The van der Waals surface area contributed by atoms with Gasteiger partial charge in [-0.05, 0) is 28.6 Å². The molecule has 0 saturated carbocycles. The third kappa shape index (κ3) is 1.88. The van der Waals surface area contributed by atoms with Crippen molar-refractivity contribution in [2.24, 2.45) is 0 Å². The van der Waals surface area contributed by atoms with Crippen LogP contribution in [0.4, 0.5) is 10.1 Å². The number of nitrogens with zero attached hydrogens (tertiary/aromatic N) is 1. The number of anilines is 1. The van der Waals surface area contributed by atoms with E-state index in [1.807, 2.05) is 30.3 Å². The molecule has 102 valence electrons. The van der Waals surface area contributed by atoms with Gasteiger partial charge in [-0.3, -0.25) is 9.78 Å². The minimum absolute atomic E-state index is 0.169. The SMILES string of the molecule is O=C1Cc2cc(-c3cncc4ccccc34)cc(F)c2N1. The molecule has 1 aliphatic rings. The predicted octanol–water partition coefficient (Wildman–Crippen LogP) is 3.54. The molecule has 2 heterocycles. The van der Waals surface area contributed by atoms with Crippen LogP contribution in [0.25, 0.3) is 21.9 Å². The summed E-state index contributed by atoms with van der Waals surface area (Å²) >= 11 is 0. The lowest BCUT2D eigenvalue weighted by molar-refractivity contribution is -0.115. The molecule has 4 heteroatoms. The van der Waals surface area contributed by atoms with Crippen LogP contribution in [0.15, 0.2) is 48.8 Å². The number of carbonyl (C=O) groups excluding carboxylic acids is 1. The molecular formula is C17H11FN2O. The van der Waals surface area contributed by atoms with E-state index in [0.29, 0.717) is 11.3 Å². The third-order valence-electron chi connectivity index (χ3n) is 3.77. The summed E-state index contributed by atoms with van der Waals surface area (Å²) in [5.41, 5.74) is 2.61. The van der Waals surface area contributed by atoms with E-state index in [9.17, 15) is 9.18 Å². The molecule has 21 heavy (non-hydrogen) atoms. The number of halogens is 1. The Morgan fingerprint density at radius 2 is 2.00 bits per heavy atom. The fraction of sp³-hybridized carbons (Fsp3) is 0.0588. The van der Waals surface area contributed by atoms with Crippen LogP contribution in [0.5, 0.6) is 0 Å². The molecule has 1 aliphatic heterocycles. The number of amides is 1. The summed E-state index contributed by atoms with van der Waals surface area (Å²) in [5, 5.41) is 4.57. The number of benzene rings is 2. The summed E-state index contributed by atoms with van der Waals surface area (Å²) in [6.45, 7) is 0. The smallest absolute Gasteiger partial charge is 0.228 e. The molecule has 0 atom stereocenters. The number of nitrogens with one attached hydrogen (secondary N) is 1. The monoisotopic (exact) mass is 278 g/mol. The van der Waals surface area contributed by atoms with Crippen molar-refractivity contribution in [1.82, 2.24) is 4.98 Å². The number of aromatic nitrogens is 1. The molecule has 3 aromatic rings. The van der Waals surface area contributed by atoms with Gasteiger partial charge in [-0.25, -0.2) is 4.39 Å². The molecule has 4 rings (SSSR count). The van der Waals surface area contributed by atoms with Gasteiger partial charge in [0.15, 0.2) is 0 Å². The number of fused-ring (bicyclic) bond motifs is 2. The van der Waals surface area contributed by atoms with Crippen molar-refractivity contribution in [2.75, 3.05) is 5.32 Å². The zero-order valence-electron chi connectivity index (χ0n) is 11.1. The zero-order valence-corrected chi connectivity index (χ0v) is 11.1. The first-order valence-electron chi connectivity index (χ1n) is 6.68. The van der Waals surface area contributed by atoms with Gasteiger partial charge in [0.1, 0.15) is 5.82 Å². The molecular weight excluding hydrogens is 267 g/mol. The molecule has 2 aromatic carbocycles. The first-order valence-corrected chi connectivity index (χ1v) is 6.68. The van der Waals surface area contributed by atoms with Crippen LogP contribution in [0.3, 0.4) is 0 Å². The Hall–Kier alpha value is -2.75. The van der Waals surface area contributed by atoms with Gasteiger partial charge in [-0.15, -0.1) is 0 Å². The third-order valence-corrected chi connectivity index (χ3v) is 3.77. The van der Waals surface area contributed by atoms with E-state index in [0.717, 1.165) is 21.9 Å². The fourth-order valence-corrected chi connectivity index (χ4v) is 2.80. The molecule has 0 saturated heterocycles. The summed E-state index contributed by atoms with van der Waals surface area (Å²) in [5.74, 6) is -0.571. The van der Waals surface area contributed by atoms with Gasteiger partial charge in [0.2, 0.25) is 5.91 Å². The van der Waals surface area contributed by atoms with Crippen LogP contribution in [0.2, 0.25) is 0 Å². The van der Waals surface area contributed by atoms with Crippen molar-refractivity contribution >= 4 is 22.4 Å². The van der Waals surface area contributed by atoms with E-state index in [2.05, 4.69) is 10.3 Å². The van der Waals surface area contributed by atoms with Crippen LogP contribution < -0.4 is 5.32 Å². The predicted molar refractivity (Wildman–Crippen MR) is 79.5 cm³/mol. The van der Waals surface area contributed by atoms with E-state index in [1.54, 1.807) is 12.4 Å². The maximum Gasteiger partial charge on any atom is 0.228 e. The summed E-state index contributed by atoms with van der Waals surface area (Å²) in [6.07, 6.45) is 3.74. The van der Waals surface area contributed by atoms with E-state index in [-0.39, 0.29) is 12.3 Å². The molecule has 0 spiro atoms. The van der Waals surface area contributed by atoms with Crippen LogP contribution in [0.1, 0.15) is 5.56 Å². The largest absolute Gasteiger partial charge is 0.323 e. The highest BCUT2D eigenvalue weighted by molar-refractivity contribution is 6.01. The van der Waals surface area contributed by atoms with Crippen molar-refractivity contribution in [3.63, 3.8) is 0 Å². The van der Waals surface area contributed by atoms with E-state index in [4.69, 9.17) is 0 Å². The molecule has 0 unspecified atom stereocenters. The Kier molecular flexibility index (Phi) is 2.51. The average molecular weight is 278 g/mol. The highest BCUT2D eigenvalue weighted by Crippen LogP contribution is 2.34. The molecule has 0 radical (unpaired) electrons. The van der Waals surface area contributed by atoms with Gasteiger partial charge < -0.3 is 5.32 Å². The lowest BCUT2D eigenvalue weighted by Gasteiger charge is -2.09. The summed E-state index contributed by atoms with van der Waals surface area (Å²) < 4.78 is 14.2. The van der Waals surface area contributed by atoms with Crippen molar-refractivity contribution in [2.45, 2.75) is 6.42 Å². The maximum atomic E-state index is 14.2. The number of hydrogen-bond donors (Lipinski definition) is 1. The molecule has 3 nitrogen and oxygen atoms in total. The Bertz CT molecular complexity index is 884. The molecule has 1 aromatic heterocycles. The minimum atomic E-state index is -0.402. The Labute approximate surface area is 120 Å². The van der Waals surface area contributed by atoms with E-state index >= 15 is 0 Å². The standard InChI is InChI=1S/C17H11FN2O/c18-15-6-11(5-12-7-16(21)20-17(12)15)14-9-19-8-10-3-1-2-4-13(10)14/h1-6,8-9H,7H2,(H,20,21). The Morgan fingerprint density at radius 3 is 2.90 bits per heavy atom. The van der Waals surface area contributed by atoms with Crippen molar-refractivity contribution in [3.05, 3.63) is 60.2 Å². The van der Waals surface area contributed by atoms with E-state index < -0.39 is 5.82 Å². The minimum Gasteiger partial charge on any atom is -0.323 e. The van der Waals surface area contributed by atoms with Crippen LogP contribution in [-0.4, -0.2) is 10.9 Å². The van der Waals surface area contributed by atoms with Gasteiger partial charge in [0.05, 0.1) is 12.1 Å². The second kappa shape index (κ2) is 4.38. The first-order chi connectivity index (χ1) is 10.2. The molecule has 0 aliphatic carbocycles. The van der Waals surface area contributed by atoms with Crippen molar-refractivity contribution < 1.29 is 9.18 Å². The molecule has 0 fully saturated rings. The summed E-state index contributed by atoms with van der Waals surface area (Å²) in [7, 11) is 0. The Balaban J connectivity index is 1.96. The molecule has 1 N–H and O–H groups in total. The summed E-state index contributed by atoms with van der Waals surface area (Å²) in [4.78, 5) is 15.6. The molecule has 0 bridgehead atoms. The van der Waals surface area contributed by atoms with E-state index in [1.165, 1.54) is 6.07 Å². The second-order valence-corrected chi connectivity index (χ2v) is 5.13. The summed E-state index contributed by atoms with van der Waals surface area (Å²) in [6, 6.07) is 11.2. The van der Waals surface area contributed by atoms with Crippen molar-refractivity contribution in [3.8, 4) is 11.1 Å². The van der Waals surface area contributed by atoms with Gasteiger partial charge in [0, 0.05) is 23.3 Å². The van der Waals surface area contributed by atoms with Gasteiger partial charge >= 0.3 is 0 Å². The van der Waals surface area contributed by atoms with Crippen LogP contribution >= 0.6 is 0 Å². The first kappa shape index (κ1) is 12.0. The quantitative estimate of drug-likeness (QED) is 0.739. The lowest BCUT2D eigenvalue weighted by Crippen LogP contribution is -2.04. The highest BCUT2D eigenvalue weighted by atomic mass is 19.1. The number of pyridine rings is 1. The van der Waals surface area contributed by atoms with Crippen LogP contribution in [0, 0.1) is 5.82 Å². The fourth-order valence-electron chi connectivity index (χ4n) is 2.80. The van der Waals surface area contributed by atoms with Gasteiger partial charge in [-0.1, -0.05) is 24.3 Å². The van der Waals surface area contributed by atoms with Crippen LogP contribution in [-0.2, 0) is 11.2 Å². The molecule has 1 amide bonds.